The topological polar surface area (TPSA) is 114 Å². The van der Waals surface area contributed by atoms with Crippen molar-refractivity contribution in [2.24, 2.45) is 17.3 Å². The Hall–Kier alpha value is -4.91. The Morgan fingerprint density at radius 3 is 2.16 bits per heavy atom. The molecule has 0 aliphatic carbocycles. The van der Waals surface area contributed by atoms with Crippen molar-refractivity contribution in [3.63, 3.8) is 0 Å². The van der Waals surface area contributed by atoms with Crippen molar-refractivity contribution in [1.82, 2.24) is 10.6 Å². The molecule has 4 atom stereocenters. The molecule has 2 aromatic rings. The molecular weight excluding hydrogens is 705 g/mol. The molecule has 0 fully saturated rings. The summed E-state index contributed by atoms with van der Waals surface area (Å²) in [7, 11) is -1.74. The number of benzene rings is 2. The lowest BCUT2D eigenvalue weighted by Crippen LogP contribution is -2.65. The number of ether oxygens (including phenoxy) is 2. The molecule has 1 aliphatic heterocycles. The van der Waals surface area contributed by atoms with Crippen LogP contribution in [0.15, 0.2) is 121 Å². The van der Waals surface area contributed by atoms with E-state index in [4.69, 9.17) is 9.47 Å². The number of carbonyl (C=O) groups is 3. The molecule has 0 saturated carbocycles. The van der Waals surface area contributed by atoms with Crippen molar-refractivity contribution in [2.45, 2.75) is 98.3 Å². The van der Waals surface area contributed by atoms with E-state index in [9.17, 15) is 19.2 Å². The predicted octanol–water partition coefficient (Wildman–Crippen LogP) is 7.03. The van der Waals surface area contributed by atoms with Crippen molar-refractivity contribution in [2.75, 3.05) is 7.11 Å². The maximum absolute atomic E-state index is 13.4. The number of rotatable bonds is 16. The van der Waals surface area contributed by atoms with Gasteiger partial charge in [-0.1, -0.05) is 138 Å². The second kappa shape index (κ2) is 20.7. The van der Waals surface area contributed by atoms with Gasteiger partial charge in [0.15, 0.2) is 5.76 Å². The number of esters is 1. The minimum Gasteiger partial charge on any atom is -0.490 e. The Balaban J connectivity index is 1.64. The van der Waals surface area contributed by atoms with E-state index in [0.29, 0.717) is 12.8 Å². The van der Waals surface area contributed by atoms with E-state index in [1.807, 2.05) is 120 Å². The van der Waals surface area contributed by atoms with Crippen LogP contribution in [-0.4, -0.2) is 50.2 Å². The number of nitrogens with one attached hydrogen (secondary N) is 2. The fraction of sp³-hybridized carbons (Fsp3) is 0.413. The quantitative estimate of drug-likeness (QED) is 0.0557. The molecule has 3 N–H and O–H groups in total. The lowest BCUT2D eigenvalue weighted by Gasteiger charge is -2.43. The van der Waals surface area contributed by atoms with Gasteiger partial charge < -0.3 is 24.9 Å². The Bertz CT molecular complexity index is 1770. The minimum atomic E-state index is -3.18. The number of allylic oxidation sites excluding steroid dienone is 5. The summed E-state index contributed by atoms with van der Waals surface area (Å²) in [5.74, 6) is 5.01. The van der Waals surface area contributed by atoms with E-state index in [2.05, 4.69) is 42.4 Å². The van der Waals surface area contributed by atoms with E-state index in [-0.39, 0.29) is 29.6 Å². The van der Waals surface area contributed by atoms with Crippen LogP contribution in [0.5, 0.6) is 0 Å². The fourth-order valence-corrected chi connectivity index (χ4v) is 10.8. The van der Waals surface area contributed by atoms with Crippen molar-refractivity contribution in [3.8, 4) is 11.8 Å². The van der Waals surface area contributed by atoms with Gasteiger partial charge in [0.2, 0.25) is 11.8 Å². The highest BCUT2D eigenvalue weighted by Gasteiger charge is 2.50. The highest BCUT2D eigenvalue weighted by Crippen LogP contribution is 2.43. The molecule has 0 aromatic heterocycles. The lowest BCUT2D eigenvalue weighted by atomic mass is 9.86. The van der Waals surface area contributed by atoms with Gasteiger partial charge in [-0.2, -0.15) is 0 Å². The summed E-state index contributed by atoms with van der Waals surface area (Å²) in [6, 6.07) is 19.3. The lowest BCUT2D eigenvalue weighted by molar-refractivity contribution is -0.151. The van der Waals surface area contributed by atoms with Crippen LogP contribution < -0.4 is 21.0 Å². The molecule has 9 heteroatoms. The van der Waals surface area contributed by atoms with Gasteiger partial charge >= 0.3 is 5.97 Å². The number of cyclic esters (lactones) is 1. The SMILES string of the molecule is C/C=C\C[C@@H](C/C=C\NC(=O)[C@@H](NC(=O)/C=C\C#C/C(C)=C/[C@H](C)[C@@H]1CC=C(OC)C(=O)O1)C(C)(C)C)CC(C)(C)[Si](O)(c1ccccc1)c1ccccc1. The molecule has 0 saturated heterocycles. The van der Waals surface area contributed by atoms with Crippen LogP contribution in [0, 0.1) is 29.1 Å². The first-order valence-corrected chi connectivity index (χ1v) is 21.0. The number of hydrogen-bond donors (Lipinski definition) is 3. The van der Waals surface area contributed by atoms with E-state index in [1.165, 1.54) is 19.3 Å². The van der Waals surface area contributed by atoms with E-state index >= 15 is 0 Å². The van der Waals surface area contributed by atoms with Crippen LogP contribution in [0.1, 0.15) is 81.1 Å². The van der Waals surface area contributed by atoms with Crippen molar-refractivity contribution >= 4 is 36.5 Å². The second-order valence-electron chi connectivity index (χ2n) is 15.9. The number of amides is 2. The first-order chi connectivity index (χ1) is 26.0. The normalized spacial score (nSPS) is 17.2. The van der Waals surface area contributed by atoms with Crippen molar-refractivity contribution < 1.29 is 28.7 Å². The maximum atomic E-state index is 13.4. The summed E-state index contributed by atoms with van der Waals surface area (Å²) < 4.78 is 10.5. The Labute approximate surface area is 330 Å². The zero-order valence-electron chi connectivity index (χ0n) is 34.0. The van der Waals surface area contributed by atoms with Crippen LogP contribution in [-0.2, 0) is 23.9 Å². The Kier molecular flexibility index (Phi) is 16.7. The Morgan fingerprint density at radius 2 is 1.62 bits per heavy atom. The molecule has 0 bridgehead atoms. The Morgan fingerprint density at radius 1 is 1.02 bits per heavy atom. The summed E-state index contributed by atoms with van der Waals surface area (Å²) in [4.78, 5) is 51.0. The molecular formula is C46H60N2O6Si. The maximum Gasteiger partial charge on any atom is 0.373 e. The van der Waals surface area contributed by atoms with Gasteiger partial charge in [-0.15, -0.1) is 0 Å². The van der Waals surface area contributed by atoms with Gasteiger partial charge in [0.05, 0.1) is 7.11 Å². The molecule has 0 unspecified atom stereocenters. The molecule has 1 heterocycles. The summed E-state index contributed by atoms with van der Waals surface area (Å²) >= 11 is 0. The summed E-state index contributed by atoms with van der Waals surface area (Å²) in [6.07, 6.45) is 16.8. The molecule has 0 spiro atoms. The average molecular weight is 765 g/mol. The zero-order valence-corrected chi connectivity index (χ0v) is 35.0. The second-order valence-corrected chi connectivity index (χ2v) is 19.8. The fourth-order valence-electron chi connectivity index (χ4n) is 6.97. The van der Waals surface area contributed by atoms with E-state index in [1.54, 1.807) is 12.3 Å². The third kappa shape index (κ3) is 12.8. The van der Waals surface area contributed by atoms with Crippen LogP contribution >= 0.6 is 0 Å². The number of methoxy groups -OCH3 is 1. The standard InChI is InChI=1S/C46H60N2O6Si/c1-10-11-22-36(33-46(7,8)55(52,37-24-14-12-15-25-37)38-26-16-13-17-27-38)23-20-31-47-43(50)42(45(4,5)6)48-41(49)28-19-18-21-34(2)32-35(3)39-29-30-40(53-9)44(51)54-39/h10-17,19-20,24-28,30-32,35-36,39,42,52H,22-23,29,33H2,1-9H3,(H,47,50)(H,48,49)/b11-10-,28-19-,31-20-,34-32+/t35-,36-,39-,42+/m0/s1. The summed E-state index contributed by atoms with van der Waals surface area (Å²) in [6.45, 7) is 15.9. The molecule has 55 heavy (non-hydrogen) atoms. The first kappa shape index (κ1) is 44.5. The molecule has 2 amide bonds. The summed E-state index contributed by atoms with van der Waals surface area (Å²) in [5, 5.41) is 7.29. The smallest absolute Gasteiger partial charge is 0.373 e. The van der Waals surface area contributed by atoms with E-state index < -0.39 is 36.7 Å². The van der Waals surface area contributed by atoms with Gasteiger partial charge in [0.1, 0.15) is 12.1 Å². The van der Waals surface area contributed by atoms with Gasteiger partial charge in [-0.05, 0) is 83.8 Å². The van der Waals surface area contributed by atoms with Gasteiger partial charge in [-0.25, -0.2) is 4.79 Å². The highest BCUT2D eigenvalue weighted by molar-refractivity contribution is 6.98. The van der Waals surface area contributed by atoms with Crippen LogP contribution in [0.2, 0.25) is 5.04 Å². The molecule has 1 aliphatic rings. The van der Waals surface area contributed by atoms with Crippen LogP contribution in [0.25, 0.3) is 0 Å². The van der Waals surface area contributed by atoms with Gasteiger partial charge in [0.25, 0.3) is 8.32 Å². The minimum absolute atomic E-state index is 0.0628. The van der Waals surface area contributed by atoms with Gasteiger partial charge in [-0.3, -0.25) is 9.59 Å². The molecule has 2 aromatic carbocycles. The first-order valence-electron chi connectivity index (χ1n) is 19.1. The van der Waals surface area contributed by atoms with E-state index in [0.717, 1.165) is 28.8 Å². The molecule has 294 valence electrons. The number of carbonyl (C=O) groups excluding carboxylic acids is 3. The largest absolute Gasteiger partial charge is 0.490 e. The molecule has 0 radical (unpaired) electrons. The molecule has 8 nitrogen and oxygen atoms in total. The van der Waals surface area contributed by atoms with Crippen molar-refractivity contribution in [1.29, 1.82) is 0 Å². The van der Waals surface area contributed by atoms with Crippen LogP contribution in [0.4, 0.5) is 0 Å². The summed E-state index contributed by atoms with van der Waals surface area (Å²) in [5.41, 5.74) is 0.211. The van der Waals surface area contributed by atoms with Crippen molar-refractivity contribution in [3.05, 3.63) is 121 Å². The van der Waals surface area contributed by atoms with Gasteiger partial charge in [0, 0.05) is 18.4 Å². The zero-order chi connectivity index (χ0) is 40.6. The van der Waals surface area contributed by atoms with Crippen LogP contribution in [0.3, 0.4) is 0 Å². The number of hydrogen-bond acceptors (Lipinski definition) is 6. The third-order valence-electron chi connectivity index (χ3n) is 10.00. The third-order valence-corrected chi connectivity index (χ3v) is 14.5. The highest BCUT2D eigenvalue weighted by atomic mass is 28.4. The monoisotopic (exact) mass is 764 g/mol. The average Bonchev–Trinajstić information content (AvgIpc) is 3.15. The predicted molar refractivity (Wildman–Crippen MR) is 224 cm³/mol. The molecule has 3 rings (SSSR count).